The van der Waals surface area contributed by atoms with E-state index in [1.165, 1.54) is 11.1 Å². The number of imidazole rings is 1. The first kappa shape index (κ1) is 44.0. The molecule has 2 N–H and O–H groups in total. The fourth-order valence-electron chi connectivity index (χ4n) is 7.78. The van der Waals surface area contributed by atoms with Gasteiger partial charge in [0.15, 0.2) is 0 Å². The van der Waals surface area contributed by atoms with Crippen LogP contribution in [0.3, 0.4) is 0 Å². The van der Waals surface area contributed by atoms with Crippen LogP contribution in [0.5, 0.6) is 5.75 Å². The molecule has 0 aliphatic heterocycles. The van der Waals surface area contributed by atoms with E-state index >= 15 is 0 Å². The first-order chi connectivity index (χ1) is 26.6. The number of nitrogens with zero attached hydrogens (tertiary/aromatic N) is 1. The smallest absolute Gasteiger partial charge is 0.501 e. The molecule has 0 atom stereocenters. The Labute approximate surface area is 337 Å². The lowest BCUT2D eigenvalue weighted by Crippen LogP contribution is -2.46. The van der Waals surface area contributed by atoms with Crippen LogP contribution >= 0.6 is 0 Å². The average Bonchev–Trinajstić information content (AvgIpc) is 3.59. The Morgan fingerprint density at radius 1 is 0.554 bits per heavy atom. The number of hydrogen-bond acceptors (Lipinski definition) is 8. The predicted molar refractivity (Wildman–Crippen MR) is 234 cm³/mol. The molecule has 0 spiro atoms. The van der Waals surface area contributed by atoms with Gasteiger partial charge in [-0.2, -0.15) is 0 Å². The maximum absolute atomic E-state index is 11.5. The Kier molecular flexibility index (Phi) is 14.3. The molecular weight excluding hydrogens is 737 g/mol. The van der Waals surface area contributed by atoms with Gasteiger partial charge < -0.3 is 36.6 Å². The summed E-state index contributed by atoms with van der Waals surface area (Å²) in [7, 11) is -5.69. The number of aryl methyl sites for hydroxylation is 2. The van der Waals surface area contributed by atoms with Crippen LogP contribution in [0.2, 0.25) is 12.1 Å². The molecule has 0 amide bonds. The SMILES string of the molecule is CCO[Si](CCc1ccc2c(c1)c1cc(CC[Si](OCC)(OCC)OCC)ccc1c1[nH]c(-c3cc(C(C)(C)C)c(O)c(C(C)(C)C)c3)nc21)(OCC)OCC. The van der Waals surface area contributed by atoms with E-state index in [2.05, 4.69) is 95.1 Å². The Morgan fingerprint density at radius 3 is 1.34 bits per heavy atom. The van der Waals surface area contributed by atoms with E-state index in [0.29, 0.717) is 57.5 Å². The lowest BCUT2D eigenvalue weighted by molar-refractivity contribution is 0.0706. The van der Waals surface area contributed by atoms with Crippen LogP contribution < -0.4 is 0 Å². The zero-order chi connectivity index (χ0) is 40.9. The first-order valence-corrected chi connectivity index (χ1v) is 24.5. The molecule has 0 radical (unpaired) electrons. The number of benzene rings is 4. The van der Waals surface area contributed by atoms with E-state index in [-0.39, 0.29) is 10.8 Å². The summed E-state index contributed by atoms with van der Waals surface area (Å²) in [5, 5.41) is 16.0. The Balaban J connectivity index is 1.71. The van der Waals surface area contributed by atoms with E-state index in [1.807, 2.05) is 41.5 Å². The van der Waals surface area contributed by atoms with E-state index < -0.39 is 17.6 Å². The van der Waals surface area contributed by atoms with Gasteiger partial charge in [0.05, 0.1) is 11.0 Å². The third-order valence-electron chi connectivity index (χ3n) is 10.3. The minimum absolute atomic E-state index is 0.266. The van der Waals surface area contributed by atoms with Gasteiger partial charge >= 0.3 is 17.6 Å². The molecule has 0 aliphatic carbocycles. The van der Waals surface area contributed by atoms with E-state index in [4.69, 9.17) is 31.5 Å². The van der Waals surface area contributed by atoms with Crippen molar-refractivity contribution in [1.82, 2.24) is 9.97 Å². The highest BCUT2D eigenvalue weighted by Crippen LogP contribution is 2.43. The van der Waals surface area contributed by atoms with Gasteiger partial charge in [0.2, 0.25) is 0 Å². The van der Waals surface area contributed by atoms with Gasteiger partial charge in [-0.3, -0.25) is 0 Å². The average molecular weight is 803 g/mol. The summed E-state index contributed by atoms with van der Waals surface area (Å²) in [6, 6.07) is 19.1. The van der Waals surface area contributed by atoms with E-state index in [0.717, 1.165) is 67.9 Å². The highest BCUT2D eigenvalue weighted by Gasteiger charge is 2.41. The molecule has 0 bridgehead atoms. The van der Waals surface area contributed by atoms with Crippen molar-refractivity contribution < 1.29 is 31.7 Å². The van der Waals surface area contributed by atoms with Gasteiger partial charge in [0.1, 0.15) is 11.6 Å². The Hall–Kier alpha value is -3.14. The molecule has 0 saturated heterocycles. The number of H-pyrrole nitrogens is 1. The Morgan fingerprint density at radius 2 is 0.946 bits per heavy atom. The van der Waals surface area contributed by atoms with Crippen LogP contribution in [0, 0.1) is 0 Å². The number of fused-ring (bicyclic) bond motifs is 6. The summed E-state index contributed by atoms with van der Waals surface area (Å²) in [6.07, 6.45) is 1.52. The minimum atomic E-state index is -2.84. The zero-order valence-electron chi connectivity index (χ0n) is 36.0. The van der Waals surface area contributed by atoms with Crippen molar-refractivity contribution in [2.24, 2.45) is 0 Å². The lowest BCUT2D eigenvalue weighted by atomic mass is 9.78. The van der Waals surface area contributed by atoms with Crippen LogP contribution in [0.25, 0.3) is 44.0 Å². The number of nitrogens with one attached hydrogen (secondary N) is 1. The molecule has 9 nitrogen and oxygen atoms in total. The van der Waals surface area contributed by atoms with Gasteiger partial charge in [0.25, 0.3) is 0 Å². The maximum atomic E-state index is 11.5. The number of hydrogen-bond donors (Lipinski definition) is 2. The second-order valence-corrected chi connectivity index (χ2v) is 21.9. The molecule has 1 heterocycles. The van der Waals surface area contributed by atoms with Gasteiger partial charge in [-0.15, -0.1) is 0 Å². The molecule has 0 unspecified atom stereocenters. The standard InChI is InChI=1S/C45H66N2O7Si2/c1-13-49-55(50-14-2,51-15-3)25-23-31-19-21-34-36(27-31)37-28-32(24-26-56(52-16-4,53-17-5)54-18-6)20-22-35(37)41-40(34)46-43(47-41)33-29-38(44(7,8)9)42(48)39(30-33)45(10,11)12/h19-22,27-30,48H,13-18,23-26H2,1-12H3,(H,46,47). The summed E-state index contributed by atoms with van der Waals surface area (Å²) < 4.78 is 37.3. The van der Waals surface area contributed by atoms with Crippen LogP contribution in [0.1, 0.15) is 105 Å². The normalized spacial score (nSPS) is 13.1. The molecule has 306 valence electrons. The van der Waals surface area contributed by atoms with Crippen LogP contribution in [-0.4, -0.2) is 72.3 Å². The fourth-order valence-corrected chi connectivity index (χ4v) is 13.0. The first-order valence-electron chi connectivity index (χ1n) is 20.7. The van der Waals surface area contributed by atoms with Gasteiger partial charge in [-0.1, -0.05) is 77.9 Å². The quantitative estimate of drug-likeness (QED) is 0.0628. The molecule has 4 aromatic carbocycles. The summed E-state index contributed by atoms with van der Waals surface area (Å²) in [5.74, 6) is 1.14. The highest BCUT2D eigenvalue weighted by molar-refractivity contribution is 6.61. The zero-order valence-corrected chi connectivity index (χ0v) is 38.0. The molecule has 11 heteroatoms. The molecule has 5 aromatic rings. The second-order valence-electron chi connectivity index (χ2n) is 16.5. The van der Waals surface area contributed by atoms with Gasteiger partial charge in [0, 0.05) is 79.2 Å². The molecular formula is C45H66N2O7Si2. The lowest BCUT2D eigenvalue weighted by Gasteiger charge is -2.28. The fraction of sp³-hybridized carbons (Fsp3) is 0.533. The number of rotatable bonds is 19. The number of phenols is 1. The van der Waals surface area contributed by atoms with E-state index in [9.17, 15) is 5.11 Å². The third kappa shape index (κ3) is 9.59. The number of phenolic OH excluding ortho intramolecular Hbond substituents is 1. The number of aromatic hydroxyl groups is 1. The van der Waals surface area contributed by atoms with Crippen LogP contribution in [-0.2, 0) is 50.2 Å². The monoisotopic (exact) mass is 802 g/mol. The van der Waals surface area contributed by atoms with Crippen molar-refractivity contribution >= 4 is 50.2 Å². The molecule has 1 aromatic heterocycles. The van der Waals surface area contributed by atoms with Crippen molar-refractivity contribution in [2.75, 3.05) is 39.6 Å². The van der Waals surface area contributed by atoms with E-state index in [1.54, 1.807) is 0 Å². The third-order valence-corrected chi connectivity index (χ3v) is 16.4. The highest BCUT2D eigenvalue weighted by atomic mass is 28.4. The largest absolute Gasteiger partial charge is 0.507 e. The van der Waals surface area contributed by atoms with Crippen molar-refractivity contribution in [3.05, 3.63) is 70.8 Å². The van der Waals surface area contributed by atoms with Crippen molar-refractivity contribution in [3.8, 4) is 17.1 Å². The summed E-state index contributed by atoms with van der Waals surface area (Å²) in [4.78, 5) is 9.10. The summed E-state index contributed by atoms with van der Waals surface area (Å²) >= 11 is 0. The second kappa shape index (κ2) is 18.2. The van der Waals surface area contributed by atoms with Gasteiger partial charge in [-0.25, -0.2) is 4.98 Å². The number of aromatic nitrogens is 2. The predicted octanol–water partition coefficient (Wildman–Crippen LogP) is 11.0. The molecule has 0 aliphatic rings. The molecule has 0 saturated carbocycles. The van der Waals surface area contributed by atoms with Crippen molar-refractivity contribution in [3.63, 3.8) is 0 Å². The molecule has 0 fully saturated rings. The maximum Gasteiger partial charge on any atom is 0.501 e. The van der Waals surface area contributed by atoms with Crippen molar-refractivity contribution in [2.45, 2.75) is 119 Å². The van der Waals surface area contributed by atoms with Gasteiger partial charge in [-0.05, 0) is 99.2 Å². The molecule has 5 rings (SSSR count). The molecule has 56 heavy (non-hydrogen) atoms. The van der Waals surface area contributed by atoms with Crippen LogP contribution in [0.4, 0.5) is 0 Å². The topological polar surface area (TPSA) is 104 Å². The van der Waals surface area contributed by atoms with Crippen LogP contribution in [0.15, 0.2) is 48.5 Å². The van der Waals surface area contributed by atoms with Crippen molar-refractivity contribution in [1.29, 1.82) is 0 Å². The summed E-state index contributed by atoms with van der Waals surface area (Å²) in [6.45, 7) is 28.1. The summed E-state index contributed by atoms with van der Waals surface area (Å²) in [5.41, 5.74) is 6.52. The minimum Gasteiger partial charge on any atom is -0.507 e. The Bertz CT molecular complexity index is 1920. The number of aromatic amines is 1.